The molecule has 1 fully saturated rings. The molecule has 1 N–H and O–H groups in total. The standard InChI is InChI=1S/C15H21BrFN/c1-2-18-14-9-4-3-6-11(14)10-12-7-5-8-13(17)15(12)16/h5,7-8,11,14,18H,2-4,6,9-10H2,1H3. The Morgan fingerprint density at radius 1 is 1.33 bits per heavy atom. The van der Waals surface area contributed by atoms with Gasteiger partial charge < -0.3 is 5.32 Å². The van der Waals surface area contributed by atoms with E-state index >= 15 is 0 Å². The predicted molar refractivity (Wildman–Crippen MR) is 77.2 cm³/mol. The van der Waals surface area contributed by atoms with Crippen molar-refractivity contribution in [2.75, 3.05) is 6.54 Å². The molecule has 2 rings (SSSR count). The lowest BCUT2D eigenvalue weighted by Gasteiger charge is -2.32. The zero-order valence-corrected chi connectivity index (χ0v) is 12.5. The van der Waals surface area contributed by atoms with E-state index in [0.29, 0.717) is 16.4 Å². The normalized spacial score (nSPS) is 24.2. The molecule has 3 heteroatoms. The predicted octanol–water partition coefficient (Wildman–Crippen LogP) is 4.30. The Morgan fingerprint density at radius 3 is 2.89 bits per heavy atom. The molecule has 100 valence electrons. The third kappa shape index (κ3) is 3.33. The van der Waals surface area contributed by atoms with Crippen LogP contribution in [0.5, 0.6) is 0 Å². The van der Waals surface area contributed by atoms with Crippen molar-refractivity contribution in [3.05, 3.63) is 34.1 Å². The van der Waals surface area contributed by atoms with Crippen LogP contribution in [0.25, 0.3) is 0 Å². The molecule has 0 aliphatic heterocycles. The van der Waals surface area contributed by atoms with Gasteiger partial charge in [-0.1, -0.05) is 31.9 Å². The minimum atomic E-state index is -0.150. The highest BCUT2D eigenvalue weighted by Crippen LogP contribution is 2.30. The van der Waals surface area contributed by atoms with Crippen molar-refractivity contribution in [2.24, 2.45) is 5.92 Å². The van der Waals surface area contributed by atoms with E-state index < -0.39 is 0 Å². The molecule has 1 aliphatic rings. The van der Waals surface area contributed by atoms with Crippen LogP contribution >= 0.6 is 15.9 Å². The van der Waals surface area contributed by atoms with Gasteiger partial charge in [0.15, 0.2) is 0 Å². The zero-order valence-electron chi connectivity index (χ0n) is 10.9. The molecule has 0 aromatic heterocycles. The molecule has 1 aromatic rings. The molecule has 0 radical (unpaired) electrons. The van der Waals surface area contributed by atoms with Crippen molar-refractivity contribution < 1.29 is 4.39 Å². The summed E-state index contributed by atoms with van der Waals surface area (Å²) in [4.78, 5) is 0. The minimum Gasteiger partial charge on any atom is -0.314 e. The molecule has 0 spiro atoms. The second kappa shape index (κ2) is 6.67. The van der Waals surface area contributed by atoms with Crippen LogP contribution in [-0.4, -0.2) is 12.6 Å². The zero-order chi connectivity index (χ0) is 13.0. The summed E-state index contributed by atoms with van der Waals surface area (Å²) in [6.07, 6.45) is 6.10. The summed E-state index contributed by atoms with van der Waals surface area (Å²) < 4.78 is 14.2. The third-order valence-corrected chi connectivity index (χ3v) is 4.78. The Labute approximate surface area is 117 Å². The molecule has 0 amide bonds. The SMILES string of the molecule is CCNC1CCCCC1Cc1cccc(F)c1Br. The van der Waals surface area contributed by atoms with Crippen molar-refractivity contribution in [1.82, 2.24) is 5.32 Å². The average molecular weight is 314 g/mol. The number of benzene rings is 1. The van der Waals surface area contributed by atoms with E-state index in [0.717, 1.165) is 18.5 Å². The monoisotopic (exact) mass is 313 g/mol. The summed E-state index contributed by atoms with van der Waals surface area (Å²) in [5, 5.41) is 3.58. The van der Waals surface area contributed by atoms with Gasteiger partial charge in [-0.3, -0.25) is 0 Å². The van der Waals surface area contributed by atoms with Crippen molar-refractivity contribution in [1.29, 1.82) is 0 Å². The second-order valence-electron chi connectivity index (χ2n) is 5.13. The smallest absolute Gasteiger partial charge is 0.137 e. The van der Waals surface area contributed by atoms with E-state index in [-0.39, 0.29) is 5.82 Å². The maximum Gasteiger partial charge on any atom is 0.137 e. The highest BCUT2D eigenvalue weighted by atomic mass is 79.9. The summed E-state index contributed by atoms with van der Waals surface area (Å²) >= 11 is 3.37. The molecule has 1 aromatic carbocycles. The van der Waals surface area contributed by atoms with Crippen LogP contribution in [-0.2, 0) is 6.42 Å². The molecule has 0 saturated heterocycles. The van der Waals surface area contributed by atoms with E-state index in [1.54, 1.807) is 6.07 Å². The molecular formula is C15H21BrFN. The third-order valence-electron chi connectivity index (χ3n) is 3.89. The first-order chi connectivity index (χ1) is 8.72. The number of rotatable bonds is 4. The molecule has 1 nitrogen and oxygen atoms in total. The maximum absolute atomic E-state index is 13.5. The first-order valence-electron chi connectivity index (χ1n) is 6.88. The molecule has 2 atom stereocenters. The number of halogens is 2. The van der Waals surface area contributed by atoms with Gasteiger partial charge in [-0.15, -0.1) is 0 Å². The molecule has 1 aliphatic carbocycles. The van der Waals surface area contributed by atoms with Crippen molar-refractivity contribution >= 4 is 15.9 Å². The summed E-state index contributed by atoms with van der Waals surface area (Å²) in [5.74, 6) is 0.486. The second-order valence-corrected chi connectivity index (χ2v) is 5.92. The lowest BCUT2D eigenvalue weighted by molar-refractivity contribution is 0.264. The highest BCUT2D eigenvalue weighted by Gasteiger charge is 2.25. The first-order valence-corrected chi connectivity index (χ1v) is 7.68. The summed E-state index contributed by atoms with van der Waals surface area (Å²) in [6, 6.07) is 5.94. The van der Waals surface area contributed by atoms with E-state index in [1.807, 2.05) is 6.07 Å². The van der Waals surface area contributed by atoms with Gasteiger partial charge in [0, 0.05) is 6.04 Å². The van der Waals surface area contributed by atoms with E-state index in [4.69, 9.17) is 0 Å². The molecule has 0 bridgehead atoms. The quantitative estimate of drug-likeness (QED) is 0.874. The summed E-state index contributed by atoms with van der Waals surface area (Å²) in [7, 11) is 0. The highest BCUT2D eigenvalue weighted by molar-refractivity contribution is 9.10. The molecule has 2 unspecified atom stereocenters. The Bertz CT molecular complexity index is 392. The van der Waals surface area contributed by atoms with Crippen LogP contribution in [0.4, 0.5) is 4.39 Å². The fourth-order valence-electron chi connectivity index (χ4n) is 2.97. The number of nitrogens with one attached hydrogen (secondary N) is 1. The first kappa shape index (κ1) is 14.0. The number of hydrogen-bond donors (Lipinski definition) is 1. The van der Waals surface area contributed by atoms with E-state index in [2.05, 4.69) is 28.2 Å². The average Bonchev–Trinajstić information content (AvgIpc) is 2.37. The number of hydrogen-bond acceptors (Lipinski definition) is 1. The van der Waals surface area contributed by atoms with Crippen LogP contribution in [0, 0.1) is 11.7 Å². The van der Waals surface area contributed by atoms with Crippen molar-refractivity contribution in [3.8, 4) is 0 Å². The fraction of sp³-hybridized carbons (Fsp3) is 0.600. The van der Waals surface area contributed by atoms with Gasteiger partial charge in [0.05, 0.1) is 4.47 Å². The van der Waals surface area contributed by atoms with Crippen LogP contribution in [0.15, 0.2) is 22.7 Å². The van der Waals surface area contributed by atoms with Gasteiger partial charge in [0.25, 0.3) is 0 Å². The summed E-state index contributed by atoms with van der Waals surface area (Å²) in [6.45, 7) is 3.18. The van der Waals surface area contributed by atoms with Gasteiger partial charge >= 0.3 is 0 Å². The minimum absolute atomic E-state index is 0.150. The Morgan fingerprint density at radius 2 is 2.11 bits per heavy atom. The maximum atomic E-state index is 13.5. The summed E-state index contributed by atoms with van der Waals surface area (Å²) in [5.41, 5.74) is 1.10. The molecule has 0 heterocycles. The lowest BCUT2D eigenvalue weighted by atomic mass is 9.80. The van der Waals surface area contributed by atoms with Gasteiger partial charge in [0.2, 0.25) is 0 Å². The Balaban J connectivity index is 2.08. The van der Waals surface area contributed by atoms with Gasteiger partial charge in [-0.05, 0) is 59.3 Å². The van der Waals surface area contributed by atoms with Crippen LogP contribution in [0.2, 0.25) is 0 Å². The van der Waals surface area contributed by atoms with Crippen LogP contribution in [0.3, 0.4) is 0 Å². The topological polar surface area (TPSA) is 12.0 Å². The largest absolute Gasteiger partial charge is 0.314 e. The van der Waals surface area contributed by atoms with Crippen molar-refractivity contribution in [2.45, 2.75) is 45.1 Å². The van der Waals surface area contributed by atoms with Gasteiger partial charge in [0.1, 0.15) is 5.82 Å². The fourth-order valence-corrected chi connectivity index (χ4v) is 3.40. The van der Waals surface area contributed by atoms with E-state index in [1.165, 1.54) is 31.7 Å². The van der Waals surface area contributed by atoms with Gasteiger partial charge in [-0.2, -0.15) is 0 Å². The van der Waals surface area contributed by atoms with Crippen LogP contribution in [0.1, 0.15) is 38.2 Å². The van der Waals surface area contributed by atoms with E-state index in [9.17, 15) is 4.39 Å². The molecule has 1 saturated carbocycles. The Hall–Kier alpha value is -0.410. The van der Waals surface area contributed by atoms with Gasteiger partial charge in [-0.25, -0.2) is 4.39 Å². The molecule has 18 heavy (non-hydrogen) atoms. The van der Waals surface area contributed by atoms with Crippen molar-refractivity contribution in [3.63, 3.8) is 0 Å². The van der Waals surface area contributed by atoms with Crippen LogP contribution < -0.4 is 5.32 Å². The molecular weight excluding hydrogens is 293 g/mol. The lowest BCUT2D eigenvalue weighted by Crippen LogP contribution is -2.39. The Kier molecular flexibility index (Phi) is 5.19.